The zero-order valence-electron chi connectivity index (χ0n) is 9.58. The van der Waals surface area contributed by atoms with Crippen LogP contribution >= 0.6 is 0 Å². The molecule has 0 saturated heterocycles. The molecule has 4 heteroatoms. The van der Waals surface area contributed by atoms with Crippen molar-refractivity contribution in [3.63, 3.8) is 0 Å². The quantitative estimate of drug-likeness (QED) is 0.781. The topological polar surface area (TPSA) is 60.2 Å². The Kier molecular flexibility index (Phi) is 4.21. The Hall–Kier alpha value is -1.45. The SMILES string of the molecule is CCCNc1ccc(N)c(OC(C)C)n1. The van der Waals surface area contributed by atoms with Crippen molar-refractivity contribution in [2.24, 2.45) is 0 Å². The molecule has 0 saturated carbocycles. The van der Waals surface area contributed by atoms with Gasteiger partial charge in [0.25, 0.3) is 0 Å². The number of nitrogens with one attached hydrogen (secondary N) is 1. The van der Waals surface area contributed by atoms with Crippen LogP contribution in [0.4, 0.5) is 11.5 Å². The Labute approximate surface area is 90.8 Å². The molecular weight excluding hydrogens is 190 g/mol. The lowest BCUT2D eigenvalue weighted by atomic mass is 10.3. The van der Waals surface area contributed by atoms with Gasteiger partial charge in [0, 0.05) is 6.54 Å². The van der Waals surface area contributed by atoms with Crippen LogP contribution in [0.1, 0.15) is 27.2 Å². The van der Waals surface area contributed by atoms with E-state index >= 15 is 0 Å². The largest absolute Gasteiger partial charge is 0.473 e. The highest BCUT2D eigenvalue weighted by Crippen LogP contribution is 2.21. The maximum atomic E-state index is 5.75. The molecule has 1 aromatic rings. The van der Waals surface area contributed by atoms with Crippen LogP contribution in [0.3, 0.4) is 0 Å². The van der Waals surface area contributed by atoms with Crippen LogP contribution in [0.5, 0.6) is 5.88 Å². The van der Waals surface area contributed by atoms with Crippen LogP contribution in [-0.2, 0) is 0 Å². The first-order valence-corrected chi connectivity index (χ1v) is 5.30. The fourth-order valence-corrected chi connectivity index (χ4v) is 1.12. The summed E-state index contributed by atoms with van der Waals surface area (Å²) >= 11 is 0. The van der Waals surface area contributed by atoms with Gasteiger partial charge in [-0.1, -0.05) is 6.92 Å². The molecule has 0 amide bonds. The highest BCUT2D eigenvalue weighted by molar-refractivity contribution is 5.53. The van der Waals surface area contributed by atoms with Gasteiger partial charge in [0.15, 0.2) is 0 Å². The Morgan fingerprint density at radius 3 is 2.80 bits per heavy atom. The van der Waals surface area contributed by atoms with Gasteiger partial charge in [-0.2, -0.15) is 4.98 Å². The minimum absolute atomic E-state index is 0.0845. The van der Waals surface area contributed by atoms with Crippen molar-refractivity contribution >= 4 is 11.5 Å². The molecule has 0 bridgehead atoms. The van der Waals surface area contributed by atoms with Crippen LogP contribution < -0.4 is 15.8 Å². The third-order valence-corrected chi connectivity index (χ3v) is 1.79. The monoisotopic (exact) mass is 209 g/mol. The number of aromatic nitrogens is 1. The molecule has 0 spiro atoms. The zero-order valence-corrected chi connectivity index (χ0v) is 9.58. The van der Waals surface area contributed by atoms with E-state index in [9.17, 15) is 0 Å². The van der Waals surface area contributed by atoms with E-state index in [-0.39, 0.29) is 6.10 Å². The molecule has 0 aliphatic carbocycles. The predicted octanol–water partition coefficient (Wildman–Crippen LogP) is 2.27. The van der Waals surface area contributed by atoms with Crippen LogP contribution in [0.15, 0.2) is 12.1 Å². The normalized spacial score (nSPS) is 10.4. The number of hydrogen-bond donors (Lipinski definition) is 2. The third kappa shape index (κ3) is 3.65. The van der Waals surface area contributed by atoms with Crippen molar-refractivity contribution in [2.45, 2.75) is 33.3 Å². The van der Waals surface area contributed by atoms with Crippen molar-refractivity contribution in [1.82, 2.24) is 4.98 Å². The lowest BCUT2D eigenvalue weighted by molar-refractivity contribution is 0.234. The van der Waals surface area contributed by atoms with Crippen LogP contribution in [0, 0.1) is 0 Å². The molecule has 0 aromatic carbocycles. The molecule has 84 valence electrons. The van der Waals surface area contributed by atoms with Crippen LogP contribution in [-0.4, -0.2) is 17.6 Å². The minimum atomic E-state index is 0.0845. The fourth-order valence-electron chi connectivity index (χ4n) is 1.12. The highest BCUT2D eigenvalue weighted by atomic mass is 16.5. The Morgan fingerprint density at radius 1 is 1.47 bits per heavy atom. The van der Waals surface area contributed by atoms with Crippen LogP contribution in [0.2, 0.25) is 0 Å². The Morgan fingerprint density at radius 2 is 2.20 bits per heavy atom. The fraction of sp³-hybridized carbons (Fsp3) is 0.545. The Balaban J connectivity index is 2.75. The van der Waals surface area contributed by atoms with E-state index in [1.54, 1.807) is 0 Å². The standard InChI is InChI=1S/C11H19N3O/c1-4-7-13-10-6-5-9(12)11(14-10)15-8(2)3/h5-6,8H,4,7,12H2,1-3H3,(H,13,14). The lowest BCUT2D eigenvalue weighted by Gasteiger charge is -2.12. The summed E-state index contributed by atoms with van der Waals surface area (Å²) in [7, 11) is 0. The third-order valence-electron chi connectivity index (χ3n) is 1.79. The number of nitrogens with zero attached hydrogens (tertiary/aromatic N) is 1. The molecule has 0 atom stereocenters. The second kappa shape index (κ2) is 5.44. The van der Waals surface area contributed by atoms with Gasteiger partial charge in [-0.3, -0.25) is 0 Å². The van der Waals surface area contributed by atoms with Crippen molar-refractivity contribution < 1.29 is 4.74 Å². The van der Waals surface area contributed by atoms with E-state index in [4.69, 9.17) is 10.5 Å². The molecule has 0 unspecified atom stereocenters. The molecule has 3 N–H and O–H groups in total. The summed E-state index contributed by atoms with van der Waals surface area (Å²) in [6.07, 6.45) is 1.15. The summed E-state index contributed by atoms with van der Waals surface area (Å²) in [5.41, 5.74) is 6.33. The molecule has 1 aromatic heterocycles. The van der Waals surface area contributed by atoms with Gasteiger partial charge in [-0.25, -0.2) is 0 Å². The second-order valence-electron chi connectivity index (χ2n) is 3.68. The maximum absolute atomic E-state index is 5.75. The molecular formula is C11H19N3O. The van der Waals surface area contributed by atoms with E-state index < -0.39 is 0 Å². The van der Waals surface area contributed by atoms with Gasteiger partial charge >= 0.3 is 0 Å². The van der Waals surface area contributed by atoms with E-state index in [0.29, 0.717) is 11.6 Å². The minimum Gasteiger partial charge on any atom is -0.473 e. The summed E-state index contributed by atoms with van der Waals surface area (Å²) in [6.45, 7) is 6.91. The number of hydrogen-bond acceptors (Lipinski definition) is 4. The summed E-state index contributed by atoms with van der Waals surface area (Å²) in [4.78, 5) is 4.29. The van der Waals surface area contributed by atoms with Gasteiger partial charge in [-0.15, -0.1) is 0 Å². The van der Waals surface area contributed by atoms with E-state index in [1.807, 2.05) is 26.0 Å². The number of nitrogens with two attached hydrogens (primary N) is 1. The summed E-state index contributed by atoms with van der Waals surface area (Å²) in [5.74, 6) is 1.31. The first kappa shape index (κ1) is 11.6. The Bertz CT molecular complexity index is 313. The summed E-state index contributed by atoms with van der Waals surface area (Å²) in [5, 5.41) is 3.19. The number of nitrogen functional groups attached to an aromatic ring is 1. The average molecular weight is 209 g/mol. The second-order valence-corrected chi connectivity index (χ2v) is 3.68. The molecule has 4 nitrogen and oxygen atoms in total. The van der Waals surface area contributed by atoms with Gasteiger partial charge in [0.1, 0.15) is 5.82 Å². The molecule has 1 heterocycles. The molecule has 0 fully saturated rings. The van der Waals surface area contributed by atoms with E-state index in [0.717, 1.165) is 18.8 Å². The number of anilines is 2. The molecule has 1 rings (SSSR count). The zero-order chi connectivity index (χ0) is 11.3. The number of ether oxygens (including phenoxy) is 1. The predicted molar refractivity (Wildman–Crippen MR) is 63.2 cm³/mol. The van der Waals surface area contributed by atoms with Crippen molar-refractivity contribution in [1.29, 1.82) is 0 Å². The maximum Gasteiger partial charge on any atom is 0.239 e. The van der Waals surface area contributed by atoms with Crippen molar-refractivity contribution in [3.05, 3.63) is 12.1 Å². The smallest absolute Gasteiger partial charge is 0.239 e. The highest BCUT2D eigenvalue weighted by Gasteiger charge is 2.05. The van der Waals surface area contributed by atoms with Gasteiger partial charge in [0.2, 0.25) is 5.88 Å². The summed E-state index contributed by atoms with van der Waals surface area (Å²) < 4.78 is 5.49. The number of rotatable bonds is 5. The average Bonchev–Trinajstić information content (AvgIpc) is 2.18. The summed E-state index contributed by atoms with van der Waals surface area (Å²) in [6, 6.07) is 3.67. The first-order valence-electron chi connectivity index (χ1n) is 5.30. The van der Waals surface area contributed by atoms with Crippen LogP contribution in [0.25, 0.3) is 0 Å². The van der Waals surface area contributed by atoms with E-state index in [2.05, 4.69) is 17.2 Å². The molecule has 0 aliphatic rings. The van der Waals surface area contributed by atoms with Crippen molar-refractivity contribution in [2.75, 3.05) is 17.6 Å². The van der Waals surface area contributed by atoms with E-state index in [1.165, 1.54) is 0 Å². The molecule has 0 radical (unpaired) electrons. The van der Waals surface area contributed by atoms with Gasteiger partial charge in [-0.05, 0) is 32.4 Å². The van der Waals surface area contributed by atoms with Gasteiger partial charge in [0.05, 0.1) is 11.8 Å². The molecule has 15 heavy (non-hydrogen) atoms. The number of pyridine rings is 1. The first-order chi connectivity index (χ1) is 7.13. The van der Waals surface area contributed by atoms with Crippen molar-refractivity contribution in [3.8, 4) is 5.88 Å². The lowest BCUT2D eigenvalue weighted by Crippen LogP contribution is -2.10. The molecule has 0 aliphatic heterocycles. The van der Waals surface area contributed by atoms with Gasteiger partial charge < -0.3 is 15.8 Å².